The van der Waals surface area contributed by atoms with Gasteiger partial charge in [0, 0.05) is 11.1 Å². The molecule has 166 valence electrons. The summed E-state index contributed by atoms with van der Waals surface area (Å²) in [5.74, 6) is -1.44. The zero-order valence-corrected chi connectivity index (χ0v) is 18.0. The number of rotatable bonds is 6. The number of para-hydroxylation sites is 1. The van der Waals surface area contributed by atoms with Crippen molar-refractivity contribution in [2.75, 3.05) is 11.8 Å². The van der Waals surface area contributed by atoms with Crippen LogP contribution in [-0.4, -0.2) is 27.3 Å². The van der Waals surface area contributed by atoms with Crippen molar-refractivity contribution in [2.45, 2.75) is 11.8 Å². The van der Waals surface area contributed by atoms with E-state index in [1.165, 1.54) is 49.6 Å². The van der Waals surface area contributed by atoms with E-state index in [1.807, 2.05) is 0 Å². The fourth-order valence-corrected chi connectivity index (χ4v) is 3.85. The zero-order chi connectivity index (χ0) is 23.3. The van der Waals surface area contributed by atoms with Gasteiger partial charge in [0.05, 0.1) is 17.7 Å². The van der Waals surface area contributed by atoms with Crippen molar-refractivity contribution in [3.05, 3.63) is 89.2 Å². The van der Waals surface area contributed by atoms with Gasteiger partial charge in [-0.1, -0.05) is 18.2 Å². The van der Waals surface area contributed by atoms with E-state index in [0.29, 0.717) is 11.3 Å². The third-order valence-electron chi connectivity index (χ3n) is 4.52. The van der Waals surface area contributed by atoms with Gasteiger partial charge < -0.3 is 4.74 Å². The van der Waals surface area contributed by atoms with Gasteiger partial charge in [-0.05, 0) is 61.0 Å². The average molecular weight is 457 g/mol. The van der Waals surface area contributed by atoms with Crippen LogP contribution in [0, 0.1) is 12.7 Å². The number of hydrogen-bond donors (Lipinski definition) is 3. The SMILES string of the molecule is COc1ccc(C(=O)NNC(=O)c2cc(S(=O)(=O)Nc3ccccc3F)ccc2C)cc1. The van der Waals surface area contributed by atoms with E-state index in [9.17, 15) is 22.4 Å². The molecule has 0 fully saturated rings. The number of halogens is 1. The second-order valence-corrected chi connectivity index (χ2v) is 8.38. The molecule has 0 heterocycles. The highest BCUT2D eigenvalue weighted by atomic mass is 32.2. The Hall–Kier alpha value is -3.92. The lowest BCUT2D eigenvalue weighted by molar-refractivity contribution is 0.0846. The molecule has 0 aliphatic heterocycles. The lowest BCUT2D eigenvalue weighted by atomic mass is 10.1. The van der Waals surface area contributed by atoms with E-state index in [0.717, 1.165) is 12.1 Å². The molecule has 0 aliphatic rings. The van der Waals surface area contributed by atoms with E-state index in [4.69, 9.17) is 4.74 Å². The minimum atomic E-state index is -4.16. The number of benzene rings is 3. The highest BCUT2D eigenvalue weighted by molar-refractivity contribution is 7.92. The van der Waals surface area contributed by atoms with Gasteiger partial charge in [-0.3, -0.25) is 25.2 Å². The molecule has 8 nitrogen and oxygen atoms in total. The van der Waals surface area contributed by atoms with Crippen LogP contribution in [0.1, 0.15) is 26.3 Å². The standard InChI is InChI=1S/C22H20FN3O5S/c1-14-7-12-17(32(29,30)26-20-6-4-3-5-19(20)23)13-18(14)22(28)25-24-21(27)15-8-10-16(31-2)11-9-15/h3-13,26H,1-2H3,(H,24,27)(H,25,28). The van der Waals surface area contributed by atoms with Crippen LogP contribution in [0.4, 0.5) is 10.1 Å². The molecular formula is C22H20FN3O5S. The third kappa shape index (κ3) is 5.22. The van der Waals surface area contributed by atoms with Crippen LogP contribution in [-0.2, 0) is 10.0 Å². The first-order valence-electron chi connectivity index (χ1n) is 9.34. The molecule has 3 rings (SSSR count). The summed E-state index contributed by atoms with van der Waals surface area (Å²) in [7, 11) is -2.66. The Morgan fingerprint density at radius 1 is 0.906 bits per heavy atom. The summed E-state index contributed by atoms with van der Waals surface area (Å²) in [4.78, 5) is 24.6. The summed E-state index contributed by atoms with van der Waals surface area (Å²) >= 11 is 0. The lowest BCUT2D eigenvalue weighted by Crippen LogP contribution is -2.41. The predicted octanol–water partition coefficient (Wildman–Crippen LogP) is 3.02. The predicted molar refractivity (Wildman–Crippen MR) is 116 cm³/mol. The first-order chi connectivity index (χ1) is 15.2. The van der Waals surface area contributed by atoms with Crippen molar-refractivity contribution in [1.82, 2.24) is 10.9 Å². The normalized spacial score (nSPS) is 10.8. The summed E-state index contributed by atoms with van der Waals surface area (Å²) in [6, 6.07) is 15.4. The van der Waals surface area contributed by atoms with Crippen molar-refractivity contribution in [2.24, 2.45) is 0 Å². The molecule has 0 unspecified atom stereocenters. The smallest absolute Gasteiger partial charge is 0.270 e. The molecule has 10 heteroatoms. The van der Waals surface area contributed by atoms with Crippen molar-refractivity contribution in [3.63, 3.8) is 0 Å². The van der Waals surface area contributed by atoms with Gasteiger partial charge in [-0.15, -0.1) is 0 Å². The highest BCUT2D eigenvalue weighted by Crippen LogP contribution is 2.21. The first-order valence-corrected chi connectivity index (χ1v) is 10.8. The largest absolute Gasteiger partial charge is 0.497 e. The van der Waals surface area contributed by atoms with E-state index in [-0.39, 0.29) is 21.7 Å². The Bertz CT molecular complexity index is 1260. The summed E-state index contributed by atoms with van der Waals surface area (Å²) < 4.78 is 46.3. The summed E-state index contributed by atoms with van der Waals surface area (Å²) in [5, 5.41) is 0. The van der Waals surface area contributed by atoms with Crippen LogP contribution in [0.25, 0.3) is 0 Å². The first kappa shape index (κ1) is 22.8. The van der Waals surface area contributed by atoms with Crippen molar-refractivity contribution >= 4 is 27.5 Å². The monoisotopic (exact) mass is 457 g/mol. The minimum Gasteiger partial charge on any atom is -0.497 e. The average Bonchev–Trinajstić information content (AvgIpc) is 2.79. The van der Waals surface area contributed by atoms with Gasteiger partial charge in [0.15, 0.2) is 0 Å². The van der Waals surface area contributed by atoms with Gasteiger partial charge in [0.25, 0.3) is 21.8 Å². The molecule has 0 aromatic heterocycles. The Labute approximate surface area is 184 Å². The van der Waals surface area contributed by atoms with Crippen LogP contribution >= 0.6 is 0 Å². The third-order valence-corrected chi connectivity index (χ3v) is 5.89. The second kappa shape index (κ2) is 9.48. The molecule has 3 N–H and O–H groups in total. The van der Waals surface area contributed by atoms with Gasteiger partial charge >= 0.3 is 0 Å². The summed E-state index contributed by atoms with van der Waals surface area (Å²) in [6.45, 7) is 1.61. The number of carbonyl (C=O) groups is 2. The van der Waals surface area contributed by atoms with Crippen molar-refractivity contribution in [3.8, 4) is 5.75 Å². The summed E-state index contributed by atoms with van der Waals surface area (Å²) in [5.41, 5.74) is 5.10. The number of carbonyl (C=O) groups excluding carboxylic acids is 2. The van der Waals surface area contributed by atoms with Crippen LogP contribution < -0.4 is 20.3 Å². The van der Waals surface area contributed by atoms with Crippen molar-refractivity contribution < 1.29 is 27.1 Å². The molecule has 0 atom stereocenters. The van der Waals surface area contributed by atoms with Crippen LogP contribution in [0.3, 0.4) is 0 Å². The molecule has 2 amide bonds. The number of anilines is 1. The van der Waals surface area contributed by atoms with E-state index in [1.54, 1.807) is 19.1 Å². The van der Waals surface area contributed by atoms with E-state index >= 15 is 0 Å². The number of amides is 2. The molecule has 0 bridgehead atoms. The Morgan fingerprint density at radius 2 is 1.56 bits per heavy atom. The Balaban J connectivity index is 1.75. The number of ether oxygens (including phenoxy) is 1. The molecule has 0 saturated heterocycles. The second-order valence-electron chi connectivity index (χ2n) is 6.70. The van der Waals surface area contributed by atoms with Crippen LogP contribution in [0.2, 0.25) is 0 Å². The maximum atomic E-state index is 13.8. The van der Waals surface area contributed by atoms with E-state index in [2.05, 4.69) is 15.6 Å². The maximum absolute atomic E-state index is 13.8. The number of aryl methyl sites for hydroxylation is 1. The molecule has 32 heavy (non-hydrogen) atoms. The number of methoxy groups -OCH3 is 1. The van der Waals surface area contributed by atoms with Crippen LogP contribution in [0.15, 0.2) is 71.6 Å². The molecule has 3 aromatic rings. The maximum Gasteiger partial charge on any atom is 0.270 e. The molecule has 0 radical (unpaired) electrons. The van der Waals surface area contributed by atoms with Crippen molar-refractivity contribution in [1.29, 1.82) is 0 Å². The molecule has 0 aliphatic carbocycles. The van der Waals surface area contributed by atoms with Gasteiger partial charge in [0.2, 0.25) is 0 Å². The molecule has 0 saturated carbocycles. The molecule has 3 aromatic carbocycles. The van der Waals surface area contributed by atoms with Gasteiger partial charge in [-0.25, -0.2) is 12.8 Å². The van der Waals surface area contributed by atoms with Gasteiger partial charge in [0.1, 0.15) is 11.6 Å². The quantitative estimate of drug-likeness (QED) is 0.493. The minimum absolute atomic E-state index is 0.0245. The molecule has 0 spiro atoms. The number of hydrazine groups is 1. The highest BCUT2D eigenvalue weighted by Gasteiger charge is 2.20. The number of sulfonamides is 1. The number of hydrogen-bond acceptors (Lipinski definition) is 5. The Kier molecular flexibility index (Phi) is 6.74. The summed E-state index contributed by atoms with van der Waals surface area (Å²) in [6.07, 6.45) is 0. The van der Waals surface area contributed by atoms with Gasteiger partial charge in [-0.2, -0.15) is 0 Å². The number of nitrogens with one attached hydrogen (secondary N) is 3. The van der Waals surface area contributed by atoms with Crippen LogP contribution in [0.5, 0.6) is 5.75 Å². The zero-order valence-electron chi connectivity index (χ0n) is 17.2. The fraction of sp³-hybridized carbons (Fsp3) is 0.0909. The Morgan fingerprint density at radius 3 is 2.22 bits per heavy atom. The fourth-order valence-electron chi connectivity index (χ4n) is 2.76. The molecular weight excluding hydrogens is 437 g/mol. The lowest BCUT2D eigenvalue weighted by Gasteiger charge is -2.13. The topological polar surface area (TPSA) is 114 Å². The van der Waals surface area contributed by atoms with E-state index < -0.39 is 27.7 Å².